The minimum Gasteiger partial charge on any atom is -0.381 e. The summed E-state index contributed by atoms with van der Waals surface area (Å²) in [6.45, 7) is 5.13. The van der Waals surface area contributed by atoms with Gasteiger partial charge in [0.1, 0.15) is 6.04 Å². The van der Waals surface area contributed by atoms with Crippen LogP contribution in [0.4, 0.5) is 0 Å². The van der Waals surface area contributed by atoms with Gasteiger partial charge in [-0.15, -0.1) is 0 Å². The summed E-state index contributed by atoms with van der Waals surface area (Å²) in [4.78, 5) is 41.1. The molecule has 3 amide bonds. The van der Waals surface area contributed by atoms with E-state index in [4.69, 9.17) is 10.5 Å². The number of rotatable bonds is 4. The molecule has 3 saturated heterocycles. The van der Waals surface area contributed by atoms with Crippen LogP contribution in [0.15, 0.2) is 18.2 Å². The molecular formula is C22H28N4O4. The van der Waals surface area contributed by atoms with Crippen LogP contribution >= 0.6 is 0 Å². The highest BCUT2D eigenvalue weighted by atomic mass is 16.5. The molecule has 0 bridgehead atoms. The predicted molar refractivity (Wildman–Crippen MR) is 108 cm³/mol. The fourth-order valence-corrected chi connectivity index (χ4v) is 5.67. The van der Waals surface area contributed by atoms with Gasteiger partial charge in [-0.3, -0.25) is 24.6 Å². The van der Waals surface area contributed by atoms with Crippen LogP contribution in [0, 0.1) is 11.3 Å². The topological polar surface area (TPSA) is 105 Å². The molecule has 8 heteroatoms. The molecule has 1 aromatic rings. The lowest BCUT2D eigenvalue weighted by atomic mass is 9.74. The Bertz CT molecular complexity index is 903. The Kier molecular flexibility index (Phi) is 4.88. The number of fused-ring (bicyclic) bond motifs is 2. The minimum absolute atomic E-state index is 0.108. The van der Waals surface area contributed by atoms with Crippen molar-refractivity contribution in [2.45, 2.75) is 38.4 Å². The Morgan fingerprint density at radius 2 is 2.13 bits per heavy atom. The van der Waals surface area contributed by atoms with Gasteiger partial charge >= 0.3 is 0 Å². The lowest BCUT2D eigenvalue weighted by Gasteiger charge is -2.37. The molecule has 30 heavy (non-hydrogen) atoms. The van der Waals surface area contributed by atoms with E-state index in [9.17, 15) is 14.4 Å². The van der Waals surface area contributed by atoms with Gasteiger partial charge in [-0.2, -0.15) is 0 Å². The Hall–Kier alpha value is -2.29. The maximum absolute atomic E-state index is 13.3. The first kappa shape index (κ1) is 19.7. The number of hydrogen-bond acceptors (Lipinski definition) is 6. The molecule has 1 aromatic carbocycles. The summed E-state index contributed by atoms with van der Waals surface area (Å²) in [6, 6.07) is 5.38. The van der Waals surface area contributed by atoms with Gasteiger partial charge in [0.05, 0.1) is 6.61 Å². The number of likely N-dealkylation sites (tertiary alicyclic amines) is 1. The van der Waals surface area contributed by atoms with Gasteiger partial charge < -0.3 is 15.4 Å². The number of imide groups is 1. The molecule has 5 rings (SSSR count). The molecule has 4 aliphatic heterocycles. The van der Waals surface area contributed by atoms with Gasteiger partial charge in [-0.1, -0.05) is 18.2 Å². The molecule has 4 heterocycles. The molecule has 0 aromatic heterocycles. The van der Waals surface area contributed by atoms with Crippen LogP contribution in [0.25, 0.3) is 0 Å². The number of nitrogens with zero attached hydrogens (tertiary/aromatic N) is 2. The molecule has 1 unspecified atom stereocenters. The third-order valence-corrected chi connectivity index (χ3v) is 7.39. The maximum atomic E-state index is 13.3. The fourth-order valence-electron chi connectivity index (χ4n) is 5.67. The van der Waals surface area contributed by atoms with Crippen molar-refractivity contribution in [3.63, 3.8) is 0 Å². The van der Waals surface area contributed by atoms with Crippen molar-refractivity contribution in [1.82, 2.24) is 15.1 Å². The Morgan fingerprint density at radius 3 is 2.90 bits per heavy atom. The highest BCUT2D eigenvalue weighted by molar-refractivity contribution is 6.05. The van der Waals surface area contributed by atoms with E-state index in [0.717, 1.165) is 49.4 Å². The van der Waals surface area contributed by atoms with Crippen molar-refractivity contribution >= 4 is 17.7 Å². The third kappa shape index (κ3) is 3.14. The number of benzene rings is 1. The van der Waals surface area contributed by atoms with Gasteiger partial charge in [0, 0.05) is 56.1 Å². The van der Waals surface area contributed by atoms with Gasteiger partial charge in [0.25, 0.3) is 5.91 Å². The summed E-state index contributed by atoms with van der Waals surface area (Å²) in [6.07, 6.45) is 1.63. The maximum Gasteiger partial charge on any atom is 0.255 e. The zero-order valence-electron chi connectivity index (χ0n) is 17.1. The predicted octanol–water partition coefficient (Wildman–Crippen LogP) is 0.245. The van der Waals surface area contributed by atoms with Crippen molar-refractivity contribution in [1.29, 1.82) is 0 Å². The summed E-state index contributed by atoms with van der Waals surface area (Å²) >= 11 is 0. The molecule has 0 saturated carbocycles. The molecule has 0 aliphatic carbocycles. The average Bonchev–Trinajstić information content (AvgIpc) is 3.26. The number of nitrogens with one attached hydrogen (secondary N) is 1. The normalized spacial score (nSPS) is 31.6. The smallest absolute Gasteiger partial charge is 0.255 e. The highest BCUT2D eigenvalue weighted by Crippen LogP contribution is 2.42. The quantitative estimate of drug-likeness (QED) is 0.687. The SMILES string of the molecule is NC[C@@]12CCOC[C@@H]1CN(Cc1cccc3c1C(=O)N(C1CCC(=O)NC1=O)C3)C2. The van der Waals surface area contributed by atoms with E-state index in [-0.39, 0.29) is 29.6 Å². The summed E-state index contributed by atoms with van der Waals surface area (Å²) in [7, 11) is 0. The first-order chi connectivity index (χ1) is 14.5. The van der Waals surface area contributed by atoms with E-state index in [1.807, 2.05) is 18.2 Å². The van der Waals surface area contributed by atoms with E-state index < -0.39 is 6.04 Å². The third-order valence-electron chi connectivity index (χ3n) is 7.39. The minimum atomic E-state index is -0.581. The fraction of sp³-hybridized carbons (Fsp3) is 0.591. The number of amides is 3. The van der Waals surface area contributed by atoms with Crippen molar-refractivity contribution in [2.75, 3.05) is 32.8 Å². The molecule has 3 N–H and O–H groups in total. The summed E-state index contributed by atoms with van der Waals surface area (Å²) in [5.74, 6) is -0.316. The molecule has 160 valence electrons. The monoisotopic (exact) mass is 412 g/mol. The van der Waals surface area contributed by atoms with Gasteiger partial charge in [-0.05, 0) is 30.5 Å². The van der Waals surface area contributed by atoms with Gasteiger partial charge in [0.2, 0.25) is 11.8 Å². The van der Waals surface area contributed by atoms with Crippen molar-refractivity contribution in [3.05, 3.63) is 34.9 Å². The van der Waals surface area contributed by atoms with Crippen LogP contribution in [-0.2, 0) is 27.4 Å². The lowest BCUT2D eigenvalue weighted by molar-refractivity contribution is -0.136. The number of carbonyl (C=O) groups excluding carboxylic acids is 3. The van der Waals surface area contributed by atoms with E-state index in [0.29, 0.717) is 32.0 Å². The van der Waals surface area contributed by atoms with Crippen LogP contribution in [0.1, 0.15) is 40.7 Å². The van der Waals surface area contributed by atoms with E-state index in [1.54, 1.807) is 4.90 Å². The summed E-state index contributed by atoms with van der Waals surface area (Å²) < 4.78 is 5.69. The molecule has 3 fully saturated rings. The lowest BCUT2D eigenvalue weighted by Crippen LogP contribution is -2.52. The second-order valence-electron chi connectivity index (χ2n) is 9.11. The largest absolute Gasteiger partial charge is 0.381 e. The Morgan fingerprint density at radius 1 is 1.27 bits per heavy atom. The van der Waals surface area contributed by atoms with Crippen LogP contribution in [-0.4, -0.2) is 66.4 Å². The molecule has 0 radical (unpaired) electrons. The average molecular weight is 412 g/mol. The van der Waals surface area contributed by atoms with Crippen LogP contribution < -0.4 is 11.1 Å². The zero-order chi connectivity index (χ0) is 20.9. The van der Waals surface area contributed by atoms with Crippen LogP contribution in [0.3, 0.4) is 0 Å². The second-order valence-corrected chi connectivity index (χ2v) is 9.11. The van der Waals surface area contributed by atoms with E-state index in [1.165, 1.54) is 0 Å². The number of ether oxygens (including phenoxy) is 1. The van der Waals surface area contributed by atoms with Crippen molar-refractivity contribution in [2.24, 2.45) is 17.1 Å². The summed E-state index contributed by atoms with van der Waals surface area (Å²) in [5.41, 5.74) is 8.95. The number of nitrogens with two attached hydrogens (primary N) is 1. The summed E-state index contributed by atoms with van der Waals surface area (Å²) in [5, 5.41) is 2.36. The second kappa shape index (κ2) is 7.44. The van der Waals surface area contributed by atoms with Gasteiger partial charge in [-0.25, -0.2) is 0 Å². The van der Waals surface area contributed by atoms with E-state index >= 15 is 0 Å². The first-order valence-electron chi connectivity index (χ1n) is 10.8. The molecule has 0 spiro atoms. The van der Waals surface area contributed by atoms with Crippen LogP contribution in [0.2, 0.25) is 0 Å². The molecule has 8 nitrogen and oxygen atoms in total. The standard InChI is InChI=1S/C22H28N4O4/c23-12-22-6-7-30-11-16(22)10-25(13-22)8-14-2-1-3-15-9-26(21(29)19(14)15)17-4-5-18(27)24-20(17)28/h1-3,16-17H,4-13,23H2,(H,24,27,28)/t16-,17?,22+/m0/s1. The zero-order valence-corrected chi connectivity index (χ0v) is 17.1. The van der Waals surface area contributed by atoms with Gasteiger partial charge in [0.15, 0.2) is 0 Å². The van der Waals surface area contributed by atoms with Crippen LogP contribution in [0.5, 0.6) is 0 Å². The van der Waals surface area contributed by atoms with E-state index in [2.05, 4.69) is 10.2 Å². The number of hydrogen-bond donors (Lipinski definition) is 2. The Balaban J connectivity index is 1.35. The van der Waals surface area contributed by atoms with Crippen molar-refractivity contribution in [3.8, 4) is 0 Å². The number of carbonyl (C=O) groups is 3. The molecular weight excluding hydrogens is 384 g/mol. The molecule has 4 aliphatic rings. The first-order valence-corrected chi connectivity index (χ1v) is 10.8. The molecule has 3 atom stereocenters. The van der Waals surface area contributed by atoms with Crippen molar-refractivity contribution < 1.29 is 19.1 Å². The number of piperidine rings is 1. The highest BCUT2D eigenvalue weighted by Gasteiger charge is 2.47. The Labute approximate surface area is 175 Å².